The van der Waals surface area contributed by atoms with Crippen LogP contribution >= 0.6 is 11.8 Å². The molecule has 4 N–H and O–H groups in total. The third kappa shape index (κ3) is 4.65. The zero-order valence-electron chi connectivity index (χ0n) is 15.0. The summed E-state index contributed by atoms with van der Waals surface area (Å²) in [5, 5.41) is 18.2. The first-order valence-corrected chi connectivity index (χ1v) is 9.98. The molecule has 0 aromatic heterocycles. The summed E-state index contributed by atoms with van der Waals surface area (Å²) in [4.78, 5) is 36.5. The van der Waals surface area contributed by atoms with Gasteiger partial charge in [-0.2, -0.15) is 0 Å². The molecular weight excluding hydrogens is 370 g/mol. The lowest BCUT2D eigenvalue weighted by Crippen LogP contribution is -2.56. The lowest BCUT2D eigenvalue weighted by molar-refractivity contribution is -0.128. The molecule has 0 bridgehead atoms. The lowest BCUT2D eigenvalue weighted by Gasteiger charge is -2.27. The topological polar surface area (TPSA) is 117 Å². The standard InChI is InChI=1S/C18H23N3O5S/c1-26-15-6-5-10(22)7-11(15)17(24)20-12-3-2-4-13(12)21-18(25)14-8-27-9-16(23)19-14/h5-7,12-14,22H,2-4,8-9H2,1H3,(H,19,23)(H,20,24)(H,21,25)/t12-,13-,14-/m0/s1. The molecule has 3 rings (SSSR count). The minimum absolute atomic E-state index is 0.0252. The average molecular weight is 393 g/mol. The van der Waals surface area contributed by atoms with Crippen LogP contribution in [0.5, 0.6) is 11.5 Å². The molecule has 1 aliphatic carbocycles. The Morgan fingerprint density at radius 3 is 2.70 bits per heavy atom. The number of hydrogen-bond acceptors (Lipinski definition) is 6. The quantitative estimate of drug-likeness (QED) is 0.575. The van der Waals surface area contributed by atoms with Crippen molar-refractivity contribution in [1.82, 2.24) is 16.0 Å². The van der Waals surface area contributed by atoms with Crippen LogP contribution in [0.3, 0.4) is 0 Å². The second-order valence-corrected chi connectivity index (χ2v) is 7.68. The van der Waals surface area contributed by atoms with Gasteiger partial charge in [0.2, 0.25) is 11.8 Å². The van der Waals surface area contributed by atoms with Crippen LogP contribution in [0.2, 0.25) is 0 Å². The molecule has 1 aliphatic heterocycles. The molecule has 8 nitrogen and oxygen atoms in total. The van der Waals surface area contributed by atoms with Crippen molar-refractivity contribution >= 4 is 29.5 Å². The van der Waals surface area contributed by atoms with Gasteiger partial charge in [-0.25, -0.2) is 0 Å². The number of rotatable bonds is 5. The molecule has 9 heteroatoms. The van der Waals surface area contributed by atoms with Gasteiger partial charge in [0.25, 0.3) is 5.91 Å². The number of thioether (sulfide) groups is 1. The van der Waals surface area contributed by atoms with E-state index in [4.69, 9.17) is 4.74 Å². The minimum Gasteiger partial charge on any atom is -0.508 e. The number of ether oxygens (including phenoxy) is 1. The predicted molar refractivity (Wildman–Crippen MR) is 101 cm³/mol. The highest BCUT2D eigenvalue weighted by Crippen LogP contribution is 2.25. The van der Waals surface area contributed by atoms with Gasteiger partial charge in [0, 0.05) is 17.8 Å². The molecule has 27 heavy (non-hydrogen) atoms. The summed E-state index contributed by atoms with van der Waals surface area (Å²) >= 11 is 1.43. The van der Waals surface area contributed by atoms with Gasteiger partial charge in [-0.15, -0.1) is 11.8 Å². The number of methoxy groups -OCH3 is 1. The van der Waals surface area contributed by atoms with Crippen molar-refractivity contribution in [3.63, 3.8) is 0 Å². The predicted octanol–water partition coefficient (Wildman–Crippen LogP) is 0.400. The number of hydrogen-bond donors (Lipinski definition) is 4. The van der Waals surface area contributed by atoms with E-state index in [1.807, 2.05) is 0 Å². The van der Waals surface area contributed by atoms with E-state index < -0.39 is 6.04 Å². The van der Waals surface area contributed by atoms with Crippen LogP contribution in [0.25, 0.3) is 0 Å². The summed E-state index contributed by atoms with van der Waals surface area (Å²) in [5.74, 6) is 0.527. The number of amides is 3. The van der Waals surface area contributed by atoms with Gasteiger partial charge in [-0.3, -0.25) is 14.4 Å². The maximum atomic E-state index is 12.6. The Morgan fingerprint density at radius 2 is 2.00 bits per heavy atom. The molecule has 3 amide bonds. The van der Waals surface area contributed by atoms with Crippen LogP contribution in [0, 0.1) is 0 Å². The van der Waals surface area contributed by atoms with Gasteiger partial charge in [-0.1, -0.05) is 0 Å². The molecule has 1 heterocycles. The SMILES string of the molecule is COc1ccc(O)cc1C(=O)N[C@H]1CCC[C@@H]1NC(=O)[C@@H]1CSCC(=O)N1. The molecule has 2 aliphatic rings. The molecule has 2 fully saturated rings. The molecule has 3 atom stereocenters. The van der Waals surface area contributed by atoms with E-state index in [0.717, 1.165) is 19.3 Å². The van der Waals surface area contributed by atoms with E-state index in [1.165, 1.54) is 37.1 Å². The van der Waals surface area contributed by atoms with Crippen LogP contribution in [0.15, 0.2) is 18.2 Å². The van der Waals surface area contributed by atoms with Crippen molar-refractivity contribution in [2.45, 2.75) is 37.4 Å². The number of phenols is 1. The first kappa shape index (κ1) is 19.3. The van der Waals surface area contributed by atoms with Gasteiger partial charge >= 0.3 is 0 Å². The summed E-state index contributed by atoms with van der Waals surface area (Å²) < 4.78 is 5.18. The first-order valence-electron chi connectivity index (χ1n) is 8.83. The van der Waals surface area contributed by atoms with E-state index in [-0.39, 0.29) is 41.1 Å². The van der Waals surface area contributed by atoms with Crippen LogP contribution in [-0.4, -0.2) is 59.6 Å². The smallest absolute Gasteiger partial charge is 0.255 e. The summed E-state index contributed by atoms with van der Waals surface area (Å²) in [6.07, 6.45) is 2.37. The minimum atomic E-state index is -0.542. The first-order chi connectivity index (χ1) is 13.0. The Kier molecular flexibility index (Phi) is 6.10. The highest BCUT2D eigenvalue weighted by Gasteiger charge is 2.33. The van der Waals surface area contributed by atoms with Crippen molar-refractivity contribution in [3.8, 4) is 11.5 Å². The fourth-order valence-electron chi connectivity index (χ4n) is 3.40. The monoisotopic (exact) mass is 393 g/mol. The Hall–Kier alpha value is -2.42. The van der Waals surface area contributed by atoms with Crippen LogP contribution in [0.4, 0.5) is 0 Å². The number of nitrogens with one attached hydrogen (secondary N) is 3. The molecule has 146 valence electrons. The Bertz CT molecular complexity index is 742. The largest absolute Gasteiger partial charge is 0.508 e. The molecular formula is C18H23N3O5S. The third-order valence-corrected chi connectivity index (χ3v) is 5.79. The zero-order chi connectivity index (χ0) is 19.4. The van der Waals surface area contributed by atoms with Gasteiger partial charge in [-0.05, 0) is 37.5 Å². The number of carbonyl (C=O) groups is 3. The zero-order valence-corrected chi connectivity index (χ0v) is 15.8. The number of aromatic hydroxyl groups is 1. The molecule has 1 saturated heterocycles. The summed E-state index contributed by atoms with van der Waals surface area (Å²) in [7, 11) is 1.46. The number of carbonyl (C=O) groups excluding carboxylic acids is 3. The Labute approximate surface area is 161 Å². The summed E-state index contributed by atoms with van der Waals surface area (Å²) in [5.41, 5.74) is 0.241. The van der Waals surface area contributed by atoms with Crippen molar-refractivity contribution < 1.29 is 24.2 Å². The average Bonchev–Trinajstić information content (AvgIpc) is 3.08. The van der Waals surface area contributed by atoms with Gasteiger partial charge < -0.3 is 25.8 Å². The van der Waals surface area contributed by atoms with E-state index in [9.17, 15) is 19.5 Å². The van der Waals surface area contributed by atoms with Gasteiger partial charge in [0.05, 0.1) is 18.4 Å². The van der Waals surface area contributed by atoms with Crippen LogP contribution < -0.4 is 20.7 Å². The fraction of sp³-hybridized carbons (Fsp3) is 0.500. The van der Waals surface area contributed by atoms with Crippen molar-refractivity contribution in [2.24, 2.45) is 0 Å². The van der Waals surface area contributed by atoms with E-state index in [0.29, 0.717) is 17.3 Å². The van der Waals surface area contributed by atoms with Crippen molar-refractivity contribution in [1.29, 1.82) is 0 Å². The maximum absolute atomic E-state index is 12.6. The molecule has 0 unspecified atom stereocenters. The lowest BCUT2D eigenvalue weighted by atomic mass is 10.1. The molecule has 1 aromatic rings. The summed E-state index contributed by atoms with van der Waals surface area (Å²) in [6, 6.07) is 3.37. The molecule has 1 aromatic carbocycles. The second kappa shape index (κ2) is 8.51. The Balaban J connectivity index is 1.63. The fourth-order valence-corrected chi connectivity index (χ4v) is 4.25. The van der Waals surface area contributed by atoms with Crippen LogP contribution in [-0.2, 0) is 9.59 Å². The van der Waals surface area contributed by atoms with Crippen LogP contribution in [0.1, 0.15) is 29.6 Å². The highest BCUT2D eigenvalue weighted by molar-refractivity contribution is 8.00. The second-order valence-electron chi connectivity index (χ2n) is 6.65. The van der Waals surface area contributed by atoms with Gasteiger partial charge in [0.1, 0.15) is 17.5 Å². The molecule has 1 saturated carbocycles. The van der Waals surface area contributed by atoms with E-state index in [2.05, 4.69) is 16.0 Å². The summed E-state index contributed by atoms with van der Waals surface area (Å²) in [6.45, 7) is 0. The van der Waals surface area contributed by atoms with E-state index >= 15 is 0 Å². The number of benzene rings is 1. The molecule has 0 radical (unpaired) electrons. The Morgan fingerprint density at radius 1 is 1.26 bits per heavy atom. The third-order valence-electron chi connectivity index (χ3n) is 4.76. The highest BCUT2D eigenvalue weighted by atomic mass is 32.2. The maximum Gasteiger partial charge on any atom is 0.255 e. The van der Waals surface area contributed by atoms with Crippen molar-refractivity contribution in [3.05, 3.63) is 23.8 Å². The van der Waals surface area contributed by atoms with Gasteiger partial charge in [0.15, 0.2) is 0 Å². The van der Waals surface area contributed by atoms with E-state index in [1.54, 1.807) is 0 Å². The van der Waals surface area contributed by atoms with Crippen molar-refractivity contribution in [2.75, 3.05) is 18.6 Å². The molecule has 0 spiro atoms. The normalized spacial score (nSPS) is 24.8. The number of phenolic OH excluding ortho intramolecular Hbond substituents is 1.